The standard InChI is InChI=1S/2C6H10.C2H4/c2*1-3-5-6-4-2;1-2/h2*3-4H,1-2,5-6H2;1-2H2. The quantitative estimate of drug-likeness (QED) is 0.406. The van der Waals surface area contributed by atoms with E-state index in [-0.39, 0.29) is 0 Å². The van der Waals surface area contributed by atoms with Crippen LogP contribution < -0.4 is 0 Å². The number of allylic oxidation sites excluding steroid dienone is 4. The van der Waals surface area contributed by atoms with Gasteiger partial charge >= 0.3 is 0 Å². The van der Waals surface area contributed by atoms with E-state index in [2.05, 4.69) is 39.5 Å². The minimum absolute atomic E-state index is 1.06. The average molecular weight is 192 g/mol. The fourth-order valence-corrected chi connectivity index (χ4v) is 0.471. The molecule has 0 saturated carbocycles. The van der Waals surface area contributed by atoms with Crippen molar-refractivity contribution in [1.82, 2.24) is 0 Å². The lowest BCUT2D eigenvalue weighted by Crippen LogP contribution is -1.56. The molecule has 0 saturated heterocycles. The predicted molar refractivity (Wildman–Crippen MR) is 70.5 cm³/mol. The summed E-state index contributed by atoms with van der Waals surface area (Å²) < 4.78 is 0. The van der Waals surface area contributed by atoms with Gasteiger partial charge in [0.1, 0.15) is 0 Å². The van der Waals surface area contributed by atoms with Gasteiger partial charge in [-0.05, 0) is 25.7 Å². The van der Waals surface area contributed by atoms with Crippen LogP contribution in [0.5, 0.6) is 0 Å². The number of rotatable bonds is 6. The molecule has 0 aromatic rings. The molecule has 0 nitrogen and oxygen atoms in total. The van der Waals surface area contributed by atoms with Crippen LogP contribution in [0.2, 0.25) is 0 Å². The molecular weight excluding hydrogens is 168 g/mol. The van der Waals surface area contributed by atoms with Crippen molar-refractivity contribution in [2.45, 2.75) is 25.7 Å². The molecule has 80 valence electrons. The Morgan fingerprint density at radius 1 is 0.500 bits per heavy atom. The van der Waals surface area contributed by atoms with Gasteiger partial charge in [0.15, 0.2) is 0 Å². The fraction of sp³-hybridized carbons (Fsp3) is 0.286. The van der Waals surface area contributed by atoms with Crippen molar-refractivity contribution in [3.05, 3.63) is 63.8 Å². The van der Waals surface area contributed by atoms with E-state index in [1.54, 1.807) is 0 Å². The van der Waals surface area contributed by atoms with Gasteiger partial charge in [-0.2, -0.15) is 0 Å². The maximum absolute atomic E-state index is 3.55. The minimum Gasteiger partial charge on any atom is -0.106 e. The molecule has 0 heterocycles. The molecule has 0 rings (SSSR count). The highest BCUT2D eigenvalue weighted by atomic mass is 13.7. The average Bonchev–Trinajstić information content (AvgIpc) is 2.27. The Hall–Kier alpha value is -1.30. The largest absolute Gasteiger partial charge is 0.106 e. The third kappa shape index (κ3) is 45.6. The monoisotopic (exact) mass is 192 g/mol. The lowest BCUT2D eigenvalue weighted by molar-refractivity contribution is 1.06. The summed E-state index contributed by atoms with van der Waals surface area (Å²) in [4.78, 5) is 0. The summed E-state index contributed by atoms with van der Waals surface area (Å²) in [7, 11) is 0. The zero-order valence-electron chi connectivity index (χ0n) is 9.38. The van der Waals surface area contributed by atoms with Gasteiger partial charge in [-0.15, -0.1) is 39.5 Å². The Morgan fingerprint density at radius 3 is 0.714 bits per heavy atom. The summed E-state index contributed by atoms with van der Waals surface area (Å²) in [5.41, 5.74) is 0. The molecule has 0 aliphatic heterocycles. The smallest absolute Gasteiger partial charge is 0.0319 e. The van der Waals surface area contributed by atoms with Gasteiger partial charge in [-0.25, -0.2) is 0 Å². The van der Waals surface area contributed by atoms with Crippen molar-refractivity contribution < 1.29 is 0 Å². The van der Waals surface area contributed by atoms with E-state index in [1.165, 1.54) is 0 Å². The van der Waals surface area contributed by atoms with E-state index >= 15 is 0 Å². The molecule has 0 aliphatic rings. The van der Waals surface area contributed by atoms with Gasteiger partial charge in [0.05, 0.1) is 0 Å². The summed E-state index contributed by atoms with van der Waals surface area (Å²) in [6, 6.07) is 0. The normalized spacial score (nSPS) is 6.57. The zero-order chi connectivity index (χ0) is 11.7. The third-order valence-electron chi connectivity index (χ3n) is 1.15. The summed E-state index contributed by atoms with van der Waals surface area (Å²) in [6.07, 6.45) is 11.8. The summed E-state index contributed by atoms with van der Waals surface area (Å²) in [6.45, 7) is 20.2. The number of hydrogen-bond donors (Lipinski definition) is 0. The Labute approximate surface area is 90.0 Å². The van der Waals surface area contributed by atoms with Gasteiger partial charge in [0, 0.05) is 0 Å². The Kier molecular flexibility index (Phi) is 39.4. The highest BCUT2D eigenvalue weighted by Crippen LogP contribution is 1.86. The van der Waals surface area contributed by atoms with E-state index in [0.29, 0.717) is 0 Å². The van der Waals surface area contributed by atoms with Crippen molar-refractivity contribution in [3.63, 3.8) is 0 Å². The molecule has 0 fully saturated rings. The van der Waals surface area contributed by atoms with Crippen molar-refractivity contribution in [2.24, 2.45) is 0 Å². The maximum atomic E-state index is 3.55. The Bertz CT molecular complexity index is 99.0. The van der Waals surface area contributed by atoms with Crippen molar-refractivity contribution >= 4 is 0 Å². The molecule has 0 aromatic carbocycles. The minimum atomic E-state index is 1.06. The second-order valence-corrected chi connectivity index (χ2v) is 2.31. The molecule has 0 N–H and O–H groups in total. The molecule has 0 bridgehead atoms. The van der Waals surface area contributed by atoms with Crippen LogP contribution in [0.25, 0.3) is 0 Å². The van der Waals surface area contributed by atoms with E-state index in [9.17, 15) is 0 Å². The lowest BCUT2D eigenvalue weighted by atomic mass is 10.3. The van der Waals surface area contributed by atoms with Crippen LogP contribution in [-0.2, 0) is 0 Å². The molecule has 0 unspecified atom stereocenters. The molecule has 0 heteroatoms. The second kappa shape index (κ2) is 29.8. The van der Waals surface area contributed by atoms with Gasteiger partial charge in [0.2, 0.25) is 0 Å². The van der Waals surface area contributed by atoms with Crippen LogP contribution in [0.3, 0.4) is 0 Å². The van der Waals surface area contributed by atoms with Crippen LogP contribution in [0.15, 0.2) is 63.8 Å². The van der Waals surface area contributed by atoms with Crippen LogP contribution >= 0.6 is 0 Å². The number of unbranched alkanes of at least 4 members (excludes halogenated alkanes) is 2. The Morgan fingerprint density at radius 2 is 0.643 bits per heavy atom. The van der Waals surface area contributed by atoms with Crippen molar-refractivity contribution in [1.29, 1.82) is 0 Å². The molecule has 14 heavy (non-hydrogen) atoms. The third-order valence-corrected chi connectivity index (χ3v) is 1.15. The van der Waals surface area contributed by atoms with Crippen LogP contribution in [0.4, 0.5) is 0 Å². The van der Waals surface area contributed by atoms with E-state index < -0.39 is 0 Å². The zero-order valence-corrected chi connectivity index (χ0v) is 9.38. The molecule has 0 aliphatic carbocycles. The van der Waals surface area contributed by atoms with E-state index in [0.717, 1.165) is 25.7 Å². The first-order chi connectivity index (χ1) is 6.83. The van der Waals surface area contributed by atoms with Crippen molar-refractivity contribution in [2.75, 3.05) is 0 Å². The van der Waals surface area contributed by atoms with Crippen LogP contribution in [0.1, 0.15) is 25.7 Å². The SMILES string of the molecule is C=C.C=CCCC=C.C=CCCC=C. The van der Waals surface area contributed by atoms with E-state index in [1.807, 2.05) is 24.3 Å². The lowest BCUT2D eigenvalue weighted by Gasteiger charge is -1.76. The molecule has 0 amide bonds. The van der Waals surface area contributed by atoms with Crippen LogP contribution in [-0.4, -0.2) is 0 Å². The first-order valence-corrected chi connectivity index (χ1v) is 4.77. The second-order valence-electron chi connectivity index (χ2n) is 2.31. The molecule has 0 spiro atoms. The summed E-state index contributed by atoms with van der Waals surface area (Å²) in [5.74, 6) is 0. The molecule has 0 radical (unpaired) electrons. The predicted octanol–water partition coefficient (Wildman–Crippen LogP) is 5.08. The fourth-order valence-electron chi connectivity index (χ4n) is 0.471. The first kappa shape index (κ1) is 18.5. The van der Waals surface area contributed by atoms with Crippen LogP contribution in [0, 0.1) is 0 Å². The maximum Gasteiger partial charge on any atom is -0.0319 e. The summed E-state index contributed by atoms with van der Waals surface area (Å²) >= 11 is 0. The summed E-state index contributed by atoms with van der Waals surface area (Å²) in [5, 5.41) is 0. The van der Waals surface area contributed by atoms with Gasteiger partial charge in [-0.3, -0.25) is 0 Å². The molecule has 0 aromatic heterocycles. The van der Waals surface area contributed by atoms with Gasteiger partial charge in [0.25, 0.3) is 0 Å². The highest BCUT2D eigenvalue weighted by molar-refractivity contribution is 4.74. The number of hydrogen-bond acceptors (Lipinski definition) is 0. The van der Waals surface area contributed by atoms with Crippen molar-refractivity contribution in [3.8, 4) is 0 Å². The molecule has 0 atom stereocenters. The van der Waals surface area contributed by atoms with Gasteiger partial charge in [-0.1, -0.05) is 24.3 Å². The van der Waals surface area contributed by atoms with Gasteiger partial charge < -0.3 is 0 Å². The highest BCUT2D eigenvalue weighted by Gasteiger charge is 1.66. The first-order valence-electron chi connectivity index (χ1n) is 4.77. The Balaban J connectivity index is -0.000000147. The molecular formula is C14H24. The van der Waals surface area contributed by atoms with E-state index in [4.69, 9.17) is 0 Å². The topological polar surface area (TPSA) is 0 Å².